The molecule has 0 radical (unpaired) electrons. The number of carbonyl (C=O) groups is 1. The quantitative estimate of drug-likeness (QED) is 0.369. The van der Waals surface area contributed by atoms with E-state index < -0.39 is 10.0 Å². The molecule has 1 aromatic rings. The summed E-state index contributed by atoms with van der Waals surface area (Å²) in [6.45, 7) is 5.79. The first-order valence-corrected chi connectivity index (χ1v) is 14.6. The molecule has 0 N–H and O–H groups in total. The van der Waals surface area contributed by atoms with E-state index in [1.165, 1.54) is 56.4 Å². The van der Waals surface area contributed by atoms with Crippen LogP contribution in [0.25, 0.3) is 0 Å². The molecule has 8 nitrogen and oxygen atoms in total. The predicted octanol–water partition coefficient (Wildman–Crippen LogP) is 3.31. The molecule has 0 atom stereocenters. The summed E-state index contributed by atoms with van der Waals surface area (Å²) < 4.78 is 38.3. The third-order valence-corrected chi connectivity index (χ3v) is 9.92. The molecule has 0 heterocycles. The van der Waals surface area contributed by atoms with Crippen molar-refractivity contribution in [3.63, 3.8) is 0 Å². The van der Waals surface area contributed by atoms with Gasteiger partial charge in [0.15, 0.2) is 0 Å². The highest BCUT2D eigenvalue weighted by atomic mass is 32.2. The maximum absolute atomic E-state index is 13.1. The Kier molecular flexibility index (Phi) is 10.2. The van der Waals surface area contributed by atoms with E-state index in [2.05, 4.69) is 11.9 Å². The Morgan fingerprint density at radius 3 is 2.03 bits per heavy atom. The second-order valence-corrected chi connectivity index (χ2v) is 12.8. The van der Waals surface area contributed by atoms with Gasteiger partial charge in [-0.2, -0.15) is 4.31 Å². The molecule has 1 aromatic carbocycles. The zero-order valence-electron chi connectivity index (χ0n) is 23.0. The first-order chi connectivity index (χ1) is 17.0. The average molecular weight is 524 g/mol. The molecule has 9 heteroatoms. The normalized spacial score (nSPS) is 20.7. The lowest BCUT2D eigenvalue weighted by atomic mass is 9.81. The fraction of sp³-hybridized carbons (Fsp3) is 0.741. The summed E-state index contributed by atoms with van der Waals surface area (Å²) in [5.41, 5.74) is 1.28. The molecule has 2 aliphatic carbocycles. The molecule has 0 aromatic heterocycles. The number of likely N-dealkylation sites (N-methyl/N-ethyl adjacent to an activating group) is 2. The second-order valence-electron chi connectivity index (χ2n) is 10.8. The van der Waals surface area contributed by atoms with Gasteiger partial charge in [0.1, 0.15) is 12.4 Å². The van der Waals surface area contributed by atoms with E-state index in [-0.39, 0.29) is 30.6 Å². The zero-order chi connectivity index (χ0) is 26.5. The lowest BCUT2D eigenvalue weighted by molar-refractivity contribution is -0.135. The second kappa shape index (κ2) is 12.7. The summed E-state index contributed by atoms with van der Waals surface area (Å²) in [7, 11) is 3.51. The molecule has 0 bridgehead atoms. The van der Waals surface area contributed by atoms with Gasteiger partial charge < -0.3 is 19.3 Å². The number of methoxy groups -OCH3 is 1. The minimum atomic E-state index is -3.68. The fourth-order valence-electron chi connectivity index (χ4n) is 5.33. The molecule has 0 saturated heterocycles. The summed E-state index contributed by atoms with van der Waals surface area (Å²) in [5, 5.41) is 0. The highest BCUT2D eigenvalue weighted by molar-refractivity contribution is 7.89. The monoisotopic (exact) mass is 523 g/mol. The standard InChI is InChI=1S/C27H45N3O5S/c1-20-15-25(34-6)16-21(2)27(20)36(32,33)30(5)13-14-35-19-26(31)29(4)18-23-9-7-22(8-10-23)17-28(3)24-11-12-24/h15-16,22-24H,7-14,17-19H2,1-6H3/t22-,23-. The van der Waals surface area contributed by atoms with Gasteiger partial charge in [0.2, 0.25) is 15.9 Å². The van der Waals surface area contributed by atoms with Gasteiger partial charge >= 0.3 is 0 Å². The summed E-state index contributed by atoms with van der Waals surface area (Å²) in [4.78, 5) is 17.2. The smallest absolute Gasteiger partial charge is 0.248 e. The number of hydrogen-bond donors (Lipinski definition) is 0. The van der Waals surface area contributed by atoms with Crippen molar-refractivity contribution in [1.82, 2.24) is 14.1 Å². The number of carbonyl (C=O) groups excluding carboxylic acids is 1. The number of aryl methyl sites for hydroxylation is 2. The van der Waals surface area contributed by atoms with Crippen LogP contribution in [0.5, 0.6) is 5.75 Å². The third kappa shape index (κ3) is 7.66. The molecule has 204 valence electrons. The largest absolute Gasteiger partial charge is 0.497 e. The van der Waals surface area contributed by atoms with Crippen molar-refractivity contribution in [1.29, 1.82) is 0 Å². The topological polar surface area (TPSA) is 79.4 Å². The van der Waals surface area contributed by atoms with E-state index in [0.717, 1.165) is 18.5 Å². The van der Waals surface area contributed by atoms with Crippen molar-refractivity contribution in [2.24, 2.45) is 11.8 Å². The van der Waals surface area contributed by atoms with Gasteiger partial charge in [-0.1, -0.05) is 0 Å². The molecule has 0 spiro atoms. The van der Waals surface area contributed by atoms with Crippen LogP contribution in [0, 0.1) is 25.7 Å². The van der Waals surface area contributed by atoms with Crippen LogP contribution < -0.4 is 4.74 Å². The Labute approximate surface area is 218 Å². The van der Waals surface area contributed by atoms with Crippen molar-refractivity contribution in [3.8, 4) is 5.75 Å². The van der Waals surface area contributed by atoms with Crippen LogP contribution in [0.2, 0.25) is 0 Å². The average Bonchev–Trinajstić information content (AvgIpc) is 3.67. The third-order valence-electron chi connectivity index (χ3n) is 7.75. The number of rotatable bonds is 13. The van der Waals surface area contributed by atoms with Crippen molar-refractivity contribution < 1.29 is 22.7 Å². The van der Waals surface area contributed by atoms with Gasteiger partial charge in [-0.05, 0) is 94.5 Å². The SMILES string of the molecule is COc1cc(C)c(S(=O)(=O)N(C)CCOCC(=O)N(C)C[C@H]2CC[C@H](CN(C)C3CC3)CC2)c(C)c1. The summed E-state index contributed by atoms with van der Waals surface area (Å²) in [5.74, 6) is 1.91. The number of ether oxygens (including phenoxy) is 2. The van der Waals surface area contributed by atoms with Crippen LogP contribution in [-0.4, -0.2) is 95.6 Å². The van der Waals surface area contributed by atoms with E-state index in [9.17, 15) is 13.2 Å². The van der Waals surface area contributed by atoms with Crippen LogP contribution in [0.4, 0.5) is 0 Å². The number of amides is 1. The minimum absolute atomic E-state index is 0.0352. The number of hydrogen-bond acceptors (Lipinski definition) is 6. The van der Waals surface area contributed by atoms with E-state index in [1.807, 2.05) is 7.05 Å². The molecular formula is C27H45N3O5S. The van der Waals surface area contributed by atoms with Crippen LogP contribution in [0.3, 0.4) is 0 Å². The van der Waals surface area contributed by atoms with Crippen LogP contribution in [0.1, 0.15) is 49.7 Å². The minimum Gasteiger partial charge on any atom is -0.497 e. The van der Waals surface area contributed by atoms with Gasteiger partial charge in [-0.3, -0.25) is 4.79 Å². The highest BCUT2D eigenvalue weighted by Gasteiger charge is 2.30. The van der Waals surface area contributed by atoms with Crippen molar-refractivity contribution in [2.45, 2.75) is 63.3 Å². The molecule has 2 aliphatic rings. The molecule has 2 saturated carbocycles. The molecule has 0 aliphatic heterocycles. The number of nitrogens with zero attached hydrogens (tertiary/aromatic N) is 3. The number of sulfonamides is 1. The van der Waals surface area contributed by atoms with Crippen LogP contribution >= 0.6 is 0 Å². The van der Waals surface area contributed by atoms with Gasteiger partial charge in [-0.15, -0.1) is 0 Å². The Hall–Kier alpha value is -1.68. The Bertz CT molecular complexity index is 964. The van der Waals surface area contributed by atoms with Gasteiger partial charge in [0.05, 0.1) is 18.6 Å². The Morgan fingerprint density at radius 2 is 1.50 bits per heavy atom. The van der Waals surface area contributed by atoms with Gasteiger partial charge in [-0.25, -0.2) is 8.42 Å². The summed E-state index contributed by atoms with van der Waals surface area (Å²) in [6, 6.07) is 4.26. The molecule has 36 heavy (non-hydrogen) atoms. The lowest BCUT2D eigenvalue weighted by Crippen LogP contribution is -2.37. The maximum atomic E-state index is 13.1. The fourth-order valence-corrected chi connectivity index (χ4v) is 6.89. The van der Waals surface area contributed by atoms with E-state index in [4.69, 9.17) is 9.47 Å². The van der Waals surface area contributed by atoms with Crippen LogP contribution in [-0.2, 0) is 19.6 Å². The first-order valence-electron chi connectivity index (χ1n) is 13.2. The molecule has 3 rings (SSSR count). The molecular weight excluding hydrogens is 478 g/mol. The van der Waals surface area contributed by atoms with Crippen LogP contribution in [0.15, 0.2) is 17.0 Å². The predicted molar refractivity (Wildman–Crippen MR) is 142 cm³/mol. The van der Waals surface area contributed by atoms with Gasteiger partial charge in [0, 0.05) is 39.8 Å². The Balaban J connectivity index is 1.37. The van der Waals surface area contributed by atoms with E-state index >= 15 is 0 Å². The molecule has 2 fully saturated rings. The molecule has 1 amide bonds. The Morgan fingerprint density at radius 1 is 0.944 bits per heavy atom. The lowest BCUT2D eigenvalue weighted by Gasteiger charge is -2.33. The zero-order valence-corrected chi connectivity index (χ0v) is 23.8. The summed E-state index contributed by atoms with van der Waals surface area (Å²) in [6.07, 6.45) is 7.55. The van der Waals surface area contributed by atoms with E-state index in [0.29, 0.717) is 22.8 Å². The number of benzene rings is 1. The van der Waals surface area contributed by atoms with Crippen molar-refractivity contribution in [3.05, 3.63) is 23.3 Å². The van der Waals surface area contributed by atoms with Crippen molar-refractivity contribution >= 4 is 15.9 Å². The van der Waals surface area contributed by atoms with Gasteiger partial charge in [0.25, 0.3) is 0 Å². The summed E-state index contributed by atoms with van der Waals surface area (Å²) >= 11 is 0. The maximum Gasteiger partial charge on any atom is 0.248 e. The highest BCUT2D eigenvalue weighted by Crippen LogP contribution is 2.33. The van der Waals surface area contributed by atoms with Crippen molar-refractivity contribution in [2.75, 3.05) is 61.1 Å². The molecule has 0 unspecified atom stereocenters. The van der Waals surface area contributed by atoms with E-state index in [1.54, 1.807) is 38.0 Å². The first kappa shape index (κ1) is 28.9.